The quantitative estimate of drug-likeness (QED) is 0.922. The zero-order chi connectivity index (χ0) is 15.6. The molecular weight excluding hydrogens is 286 g/mol. The SMILES string of the molecule is CCNC(Cc1c(C)nn(C)c1Cl)c1cc(C)nnc1C. The van der Waals surface area contributed by atoms with Crippen molar-refractivity contribution >= 4 is 11.6 Å². The van der Waals surface area contributed by atoms with E-state index in [4.69, 9.17) is 11.6 Å². The van der Waals surface area contributed by atoms with Crippen LogP contribution in [-0.2, 0) is 13.5 Å². The number of nitrogens with zero attached hydrogens (tertiary/aromatic N) is 4. The Labute approximate surface area is 130 Å². The highest BCUT2D eigenvalue weighted by Gasteiger charge is 2.20. The Balaban J connectivity index is 2.37. The van der Waals surface area contributed by atoms with E-state index in [9.17, 15) is 0 Å². The molecule has 1 atom stereocenters. The molecule has 2 heterocycles. The van der Waals surface area contributed by atoms with Gasteiger partial charge in [-0.3, -0.25) is 4.68 Å². The first-order valence-corrected chi connectivity index (χ1v) is 7.54. The van der Waals surface area contributed by atoms with Crippen molar-refractivity contribution in [3.8, 4) is 0 Å². The van der Waals surface area contributed by atoms with Gasteiger partial charge in [0, 0.05) is 18.7 Å². The molecule has 5 nitrogen and oxygen atoms in total. The van der Waals surface area contributed by atoms with E-state index in [1.807, 2.05) is 27.8 Å². The highest BCUT2D eigenvalue weighted by Crippen LogP contribution is 2.27. The maximum Gasteiger partial charge on any atom is 0.130 e. The number of hydrogen-bond donors (Lipinski definition) is 1. The molecule has 0 amide bonds. The van der Waals surface area contributed by atoms with Crippen LogP contribution in [0.1, 0.15) is 41.2 Å². The zero-order valence-corrected chi connectivity index (χ0v) is 14.0. The van der Waals surface area contributed by atoms with Crippen molar-refractivity contribution in [2.24, 2.45) is 7.05 Å². The summed E-state index contributed by atoms with van der Waals surface area (Å²) >= 11 is 6.36. The van der Waals surface area contributed by atoms with Crippen LogP contribution in [0.15, 0.2) is 6.07 Å². The van der Waals surface area contributed by atoms with E-state index in [0.29, 0.717) is 5.15 Å². The first kappa shape index (κ1) is 15.9. The van der Waals surface area contributed by atoms with Crippen LogP contribution in [-0.4, -0.2) is 26.5 Å². The smallest absolute Gasteiger partial charge is 0.130 e. The second kappa shape index (κ2) is 6.54. The highest BCUT2D eigenvalue weighted by atomic mass is 35.5. The van der Waals surface area contributed by atoms with Gasteiger partial charge in [0.05, 0.1) is 17.1 Å². The van der Waals surface area contributed by atoms with Crippen molar-refractivity contribution in [1.29, 1.82) is 0 Å². The lowest BCUT2D eigenvalue weighted by molar-refractivity contribution is 0.541. The summed E-state index contributed by atoms with van der Waals surface area (Å²) in [7, 11) is 1.87. The van der Waals surface area contributed by atoms with Crippen LogP contribution in [0.3, 0.4) is 0 Å². The maximum absolute atomic E-state index is 6.36. The molecule has 0 radical (unpaired) electrons. The minimum absolute atomic E-state index is 0.157. The fourth-order valence-corrected chi connectivity index (χ4v) is 2.82. The number of aromatic nitrogens is 4. The Morgan fingerprint density at radius 2 is 1.95 bits per heavy atom. The van der Waals surface area contributed by atoms with Gasteiger partial charge in [0.1, 0.15) is 5.15 Å². The molecule has 1 N–H and O–H groups in total. The molecule has 1 unspecified atom stereocenters. The number of aryl methyl sites for hydroxylation is 4. The fraction of sp³-hybridized carbons (Fsp3) is 0.533. The lowest BCUT2D eigenvalue weighted by Gasteiger charge is -2.20. The van der Waals surface area contributed by atoms with E-state index in [2.05, 4.69) is 33.6 Å². The summed E-state index contributed by atoms with van der Waals surface area (Å²) in [6.45, 7) is 8.92. The molecule has 0 aliphatic rings. The van der Waals surface area contributed by atoms with Gasteiger partial charge in [-0.2, -0.15) is 15.3 Å². The van der Waals surface area contributed by atoms with Gasteiger partial charge in [-0.05, 0) is 45.4 Å². The molecular formula is C15H22ClN5. The molecule has 21 heavy (non-hydrogen) atoms. The molecule has 0 spiro atoms. The predicted octanol–water partition coefficient (Wildman–Crippen LogP) is 2.68. The second-order valence-electron chi connectivity index (χ2n) is 5.32. The Bertz CT molecular complexity index is 635. The lowest BCUT2D eigenvalue weighted by atomic mass is 9.98. The van der Waals surface area contributed by atoms with Crippen molar-refractivity contribution in [2.45, 2.75) is 40.2 Å². The second-order valence-corrected chi connectivity index (χ2v) is 5.68. The normalized spacial score (nSPS) is 12.7. The van der Waals surface area contributed by atoms with Gasteiger partial charge < -0.3 is 5.32 Å². The summed E-state index contributed by atoms with van der Waals surface area (Å²) in [6, 6.07) is 2.25. The van der Waals surface area contributed by atoms with Gasteiger partial charge in [-0.1, -0.05) is 18.5 Å². The van der Waals surface area contributed by atoms with Gasteiger partial charge >= 0.3 is 0 Å². The van der Waals surface area contributed by atoms with Crippen molar-refractivity contribution in [3.63, 3.8) is 0 Å². The molecule has 0 aromatic carbocycles. The largest absolute Gasteiger partial charge is 0.310 e. The molecule has 0 saturated carbocycles. The van der Waals surface area contributed by atoms with E-state index < -0.39 is 0 Å². The van der Waals surface area contributed by atoms with Crippen LogP contribution in [0.25, 0.3) is 0 Å². The molecule has 2 aromatic heterocycles. The average molecular weight is 308 g/mol. The number of likely N-dealkylation sites (N-methyl/N-ethyl adjacent to an activating group) is 1. The van der Waals surface area contributed by atoms with Gasteiger partial charge in [0.2, 0.25) is 0 Å². The number of nitrogens with one attached hydrogen (secondary N) is 1. The molecule has 2 rings (SSSR count). The number of hydrogen-bond acceptors (Lipinski definition) is 4. The van der Waals surface area contributed by atoms with E-state index in [-0.39, 0.29) is 6.04 Å². The molecule has 0 bridgehead atoms. The minimum atomic E-state index is 0.157. The summed E-state index contributed by atoms with van der Waals surface area (Å²) in [6.07, 6.45) is 0.790. The van der Waals surface area contributed by atoms with Crippen LogP contribution in [0.2, 0.25) is 5.15 Å². The van der Waals surface area contributed by atoms with Crippen molar-refractivity contribution < 1.29 is 0 Å². The molecule has 0 aliphatic heterocycles. The van der Waals surface area contributed by atoms with E-state index in [0.717, 1.165) is 35.6 Å². The van der Waals surface area contributed by atoms with Crippen LogP contribution in [0.5, 0.6) is 0 Å². The van der Waals surface area contributed by atoms with Gasteiger partial charge in [-0.25, -0.2) is 0 Å². The van der Waals surface area contributed by atoms with Gasteiger partial charge in [-0.15, -0.1) is 0 Å². The van der Waals surface area contributed by atoms with Crippen LogP contribution < -0.4 is 5.32 Å². The third-order valence-corrected chi connectivity index (χ3v) is 4.12. The summed E-state index contributed by atoms with van der Waals surface area (Å²) in [4.78, 5) is 0. The van der Waals surface area contributed by atoms with Crippen molar-refractivity contribution in [3.05, 3.63) is 39.4 Å². The number of halogens is 1. The standard InChI is InChI=1S/C15H22ClN5/c1-6-17-14(12-7-9(2)18-19-10(12)3)8-13-11(4)20-21(5)15(13)16/h7,14,17H,6,8H2,1-5H3. The first-order chi connectivity index (χ1) is 9.93. The molecule has 0 saturated heterocycles. The van der Waals surface area contributed by atoms with Crippen LogP contribution in [0, 0.1) is 20.8 Å². The molecule has 0 fully saturated rings. The average Bonchev–Trinajstić information content (AvgIpc) is 2.67. The Kier molecular flexibility index (Phi) is 4.96. The van der Waals surface area contributed by atoms with Crippen LogP contribution >= 0.6 is 11.6 Å². The summed E-state index contributed by atoms with van der Waals surface area (Å²) in [5, 5.41) is 16.9. The first-order valence-electron chi connectivity index (χ1n) is 7.16. The molecule has 114 valence electrons. The summed E-state index contributed by atoms with van der Waals surface area (Å²) in [5.74, 6) is 0. The van der Waals surface area contributed by atoms with E-state index in [1.165, 1.54) is 5.56 Å². The Hall–Kier alpha value is -1.46. The maximum atomic E-state index is 6.36. The topological polar surface area (TPSA) is 55.6 Å². The van der Waals surface area contributed by atoms with Gasteiger partial charge in [0.25, 0.3) is 0 Å². The summed E-state index contributed by atoms with van der Waals surface area (Å²) < 4.78 is 1.72. The summed E-state index contributed by atoms with van der Waals surface area (Å²) in [5.41, 5.74) is 5.10. The van der Waals surface area contributed by atoms with Gasteiger partial charge in [0.15, 0.2) is 0 Å². The molecule has 2 aromatic rings. The third kappa shape index (κ3) is 3.41. The van der Waals surface area contributed by atoms with Crippen LogP contribution in [0.4, 0.5) is 0 Å². The number of rotatable bonds is 5. The van der Waals surface area contributed by atoms with E-state index in [1.54, 1.807) is 4.68 Å². The minimum Gasteiger partial charge on any atom is -0.310 e. The lowest BCUT2D eigenvalue weighted by Crippen LogP contribution is -2.24. The Morgan fingerprint density at radius 1 is 1.24 bits per heavy atom. The van der Waals surface area contributed by atoms with E-state index >= 15 is 0 Å². The predicted molar refractivity (Wildman–Crippen MR) is 84.6 cm³/mol. The zero-order valence-electron chi connectivity index (χ0n) is 13.2. The fourth-order valence-electron chi connectivity index (χ4n) is 2.57. The third-order valence-electron chi connectivity index (χ3n) is 3.64. The highest BCUT2D eigenvalue weighted by molar-refractivity contribution is 6.30. The van der Waals surface area contributed by atoms with Crippen molar-refractivity contribution in [2.75, 3.05) is 6.54 Å². The molecule has 6 heteroatoms. The molecule has 0 aliphatic carbocycles. The van der Waals surface area contributed by atoms with Crippen molar-refractivity contribution in [1.82, 2.24) is 25.3 Å². The monoisotopic (exact) mass is 307 g/mol. The Morgan fingerprint density at radius 3 is 2.52 bits per heavy atom.